The maximum Gasteiger partial charge on any atom is 0.203 e. The summed E-state index contributed by atoms with van der Waals surface area (Å²) in [4.78, 5) is 4.62. The molecule has 2 rings (SSSR count). The van der Waals surface area contributed by atoms with E-state index in [9.17, 15) is 5.11 Å². The molecule has 1 aromatic heterocycles. The monoisotopic (exact) mass is 419 g/mol. The molecule has 166 valence electrons. The molecule has 0 radical (unpaired) electrons. The van der Waals surface area contributed by atoms with Gasteiger partial charge in [0.25, 0.3) is 0 Å². The molecule has 30 heavy (non-hydrogen) atoms. The average molecular weight is 420 g/mol. The molecule has 0 saturated heterocycles. The van der Waals surface area contributed by atoms with Crippen molar-refractivity contribution in [3.8, 4) is 17.2 Å². The Labute approximate surface area is 178 Å². The third kappa shape index (κ3) is 5.60. The fourth-order valence-electron chi connectivity index (χ4n) is 3.26. The van der Waals surface area contributed by atoms with Crippen LogP contribution in [0.5, 0.6) is 17.2 Å². The Morgan fingerprint density at radius 2 is 1.70 bits per heavy atom. The summed E-state index contributed by atoms with van der Waals surface area (Å²) in [5.74, 6) is 3.76. The molecule has 0 aliphatic carbocycles. The maximum atomic E-state index is 10.9. The molecule has 0 bridgehead atoms. The first-order valence-electron chi connectivity index (χ1n) is 9.86. The molecule has 8 heteroatoms. The number of benzene rings is 1. The quantitative estimate of drug-likeness (QED) is 0.425. The van der Waals surface area contributed by atoms with Crippen LogP contribution >= 0.6 is 0 Å². The second kappa shape index (κ2) is 10.2. The summed E-state index contributed by atoms with van der Waals surface area (Å²) in [5.41, 5.74) is 0.549. The van der Waals surface area contributed by atoms with Gasteiger partial charge in [0.2, 0.25) is 5.75 Å². The molecule has 2 aromatic rings. The number of aliphatic imine (C=N–C) groups is 1. The Morgan fingerprint density at radius 1 is 1.07 bits per heavy atom. The first-order chi connectivity index (χ1) is 14.2. The van der Waals surface area contributed by atoms with Crippen LogP contribution in [0.3, 0.4) is 0 Å². The number of nitrogens with one attached hydrogen (secondary N) is 2. The Kier molecular flexibility index (Phi) is 8.00. The fraction of sp³-hybridized carbons (Fsp3) is 0.500. The van der Waals surface area contributed by atoms with E-state index in [4.69, 9.17) is 18.6 Å². The molecule has 8 nitrogen and oxygen atoms in total. The van der Waals surface area contributed by atoms with Crippen LogP contribution in [0.4, 0.5) is 0 Å². The topological polar surface area (TPSA) is 97.5 Å². The minimum atomic E-state index is -1.11. The Hall–Kier alpha value is -2.87. The smallest absolute Gasteiger partial charge is 0.203 e. The normalized spacial score (nSPS) is 13.5. The van der Waals surface area contributed by atoms with Crippen molar-refractivity contribution in [2.45, 2.75) is 39.8 Å². The number of methoxy groups -OCH3 is 3. The zero-order chi connectivity index (χ0) is 22.3. The lowest BCUT2D eigenvalue weighted by Crippen LogP contribution is -2.44. The highest BCUT2D eigenvalue weighted by molar-refractivity contribution is 5.79. The molecule has 0 aliphatic heterocycles. The van der Waals surface area contributed by atoms with Gasteiger partial charge in [0, 0.05) is 12.1 Å². The highest BCUT2D eigenvalue weighted by atomic mass is 16.5. The van der Waals surface area contributed by atoms with Crippen LogP contribution in [-0.4, -0.2) is 45.5 Å². The number of hydrogen-bond acceptors (Lipinski definition) is 6. The second-order valence-electron chi connectivity index (χ2n) is 7.18. The van der Waals surface area contributed by atoms with Crippen LogP contribution in [-0.2, 0) is 12.1 Å². The molecule has 1 atom stereocenters. The van der Waals surface area contributed by atoms with E-state index in [0.29, 0.717) is 42.1 Å². The van der Waals surface area contributed by atoms with Crippen LogP contribution in [0.2, 0.25) is 0 Å². The van der Waals surface area contributed by atoms with Gasteiger partial charge < -0.3 is 34.4 Å². The largest absolute Gasteiger partial charge is 0.493 e. The van der Waals surface area contributed by atoms with Crippen molar-refractivity contribution in [1.82, 2.24) is 10.6 Å². The summed E-state index contributed by atoms with van der Waals surface area (Å²) in [6, 6.07) is 5.58. The van der Waals surface area contributed by atoms with Crippen LogP contribution in [0, 0.1) is 13.8 Å². The van der Waals surface area contributed by atoms with Crippen LogP contribution in [0.1, 0.15) is 36.5 Å². The molecule has 1 heterocycles. The van der Waals surface area contributed by atoms with Crippen molar-refractivity contribution < 1.29 is 23.7 Å². The van der Waals surface area contributed by atoms with Gasteiger partial charge in [-0.2, -0.15) is 0 Å². The van der Waals surface area contributed by atoms with Crippen molar-refractivity contribution in [3.05, 3.63) is 40.8 Å². The molecule has 1 unspecified atom stereocenters. The number of rotatable bonds is 9. The first kappa shape index (κ1) is 23.4. The number of aliphatic hydroxyl groups is 1. The van der Waals surface area contributed by atoms with E-state index in [1.165, 1.54) is 0 Å². The van der Waals surface area contributed by atoms with Crippen molar-refractivity contribution in [3.63, 3.8) is 0 Å². The van der Waals surface area contributed by atoms with E-state index in [2.05, 4.69) is 15.6 Å². The van der Waals surface area contributed by atoms with E-state index < -0.39 is 5.60 Å². The highest BCUT2D eigenvalue weighted by Gasteiger charge is 2.28. The highest BCUT2D eigenvalue weighted by Crippen LogP contribution is 2.38. The summed E-state index contributed by atoms with van der Waals surface area (Å²) in [6.45, 7) is 8.79. The van der Waals surface area contributed by atoms with Gasteiger partial charge in [-0.25, -0.2) is 4.99 Å². The summed E-state index contributed by atoms with van der Waals surface area (Å²) in [5, 5.41) is 17.3. The van der Waals surface area contributed by atoms with Gasteiger partial charge in [-0.05, 0) is 51.5 Å². The number of nitrogens with zero attached hydrogens (tertiary/aromatic N) is 1. The molecule has 1 aromatic carbocycles. The van der Waals surface area contributed by atoms with Gasteiger partial charge in [-0.15, -0.1) is 0 Å². The number of ether oxygens (including phenoxy) is 3. The number of guanidine groups is 1. The molecule has 0 aliphatic rings. The van der Waals surface area contributed by atoms with E-state index in [1.807, 2.05) is 39.0 Å². The summed E-state index contributed by atoms with van der Waals surface area (Å²) >= 11 is 0. The molecule has 0 spiro atoms. The van der Waals surface area contributed by atoms with Crippen LogP contribution < -0.4 is 24.8 Å². The molecular formula is C22H33N3O5. The zero-order valence-electron chi connectivity index (χ0n) is 18.9. The molecule has 0 saturated carbocycles. The van der Waals surface area contributed by atoms with Gasteiger partial charge >= 0.3 is 0 Å². The average Bonchev–Trinajstić information content (AvgIpc) is 3.08. The van der Waals surface area contributed by atoms with Crippen LogP contribution in [0.15, 0.2) is 27.6 Å². The van der Waals surface area contributed by atoms with E-state index >= 15 is 0 Å². The Bertz CT molecular complexity index is 849. The predicted molar refractivity (Wildman–Crippen MR) is 117 cm³/mol. The SMILES string of the molecule is CCNC(=NCc1cc(OC)c(OC)c(OC)c1)NCC(C)(O)c1cc(C)oc1C. The summed E-state index contributed by atoms with van der Waals surface area (Å²) < 4.78 is 21.7. The van der Waals surface area contributed by atoms with Gasteiger partial charge in [-0.3, -0.25) is 0 Å². The third-order valence-electron chi connectivity index (χ3n) is 4.71. The standard InChI is InChI=1S/C22H33N3O5/c1-8-23-21(25-13-22(4,26)17-9-14(2)30-15(17)3)24-12-16-10-18(27-5)20(29-7)19(11-16)28-6/h9-11,26H,8,12-13H2,1-7H3,(H2,23,24,25). The van der Waals surface area contributed by atoms with Gasteiger partial charge in [-0.1, -0.05) is 0 Å². The van der Waals surface area contributed by atoms with Crippen LogP contribution in [0.25, 0.3) is 0 Å². The van der Waals surface area contributed by atoms with E-state index in [0.717, 1.165) is 16.9 Å². The minimum Gasteiger partial charge on any atom is -0.493 e. The second-order valence-corrected chi connectivity index (χ2v) is 7.18. The van der Waals surface area contributed by atoms with Crippen molar-refractivity contribution >= 4 is 5.96 Å². The Balaban J connectivity index is 2.17. The van der Waals surface area contributed by atoms with Crippen molar-refractivity contribution in [2.24, 2.45) is 4.99 Å². The Morgan fingerprint density at radius 3 is 2.17 bits per heavy atom. The molecular weight excluding hydrogens is 386 g/mol. The summed E-state index contributed by atoms with van der Waals surface area (Å²) in [7, 11) is 4.73. The lowest BCUT2D eigenvalue weighted by molar-refractivity contribution is 0.0601. The maximum absolute atomic E-state index is 10.9. The predicted octanol–water partition coefficient (Wildman–Crippen LogP) is 2.89. The lowest BCUT2D eigenvalue weighted by Gasteiger charge is -2.24. The van der Waals surface area contributed by atoms with E-state index in [1.54, 1.807) is 28.3 Å². The molecule has 0 amide bonds. The minimum absolute atomic E-state index is 0.272. The van der Waals surface area contributed by atoms with Gasteiger partial charge in [0.15, 0.2) is 17.5 Å². The lowest BCUT2D eigenvalue weighted by atomic mass is 9.96. The number of aryl methyl sites for hydroxylation is 2. The van der Waals surface area contributed by atoms with Crippen molar-refractivity contribution in [1.29, 1.82) is 0 Å². The zero-order valence-corrected chi connectivity index (χ0v) is 18.9. The summed E-state index contributed by atoms with van der Waals surface area (Å²) in [6.07, 6.45) is 0. The van der Waals surface area contributed by atoms with Crippen molar-refractivity contribution in [2.75, 3.05) is 34.4 Å². The van der Waals surface area contributed by atoms with Gasteiger partial charge in [0.05, 0.1) is 34.4 Å². The fourth-order valence-corrected chi connectivity index (χ4v) is 3.26. The molecule has 3 N–H and O–H groups in total. The number of hydrogen-bond donors (Lipinski definition) is 3. The third-order valence-corrected chi connectivity index (χ3v) is 4.71. The van der Waals surface area contributed by atoms with Gasteiger partial charge in [0.1, 0.15) is 17.1 Å². The first-order valence-corrected chi connectivity index (χ1v) is 9.86. The number of furan rings is 1. The molecule has 0 fully saturated rings. The van der Waals surface area contributed by atoms with E-state index in [-0.39, 0.29) is 6.54 Å².